The van der Waals surface area contributed by atoms with Crippen molar-refractivity contribution in [1.82, 2.24) is 9.88 Å². The molecule has 1 atom stereocenters. The van der Waals surface area contributed by atoms with E-state index in [-0.39, 0.29) is 0 Å². The Labute approximate surface area is 141 Å². The molecule has 1 N–H and O–H groups in total. The lowest BCUT2D eigenvalue weighted by Crippen LogP contribution is -2.35. The van der Waals surface area contributed by atoms with Crippen LogP contribution in [0.2, 0.25) is 0 Å². The predicted octanol–water partition coefficient (Wildman–Crippen LogP) is 5.15. The van der Waals surface area contributed by atoms with Crippen LogP contribution >= 0.6 is 0 Å². The van der Waals surface area contributed by atoms with Crippen LogP contribution < -0.4 is 5.32 Å². The minimum atomic E-state index is 0.565. The summed E-state index contributed by atoms with van der Waals surface area (Å²) in [6.45, 7) is 4.78. The molecule has 1 saturated heterocycles. The lowest BCUT2D eigenvalue weighted by Gasteiger charge is -2.37. The summed E-state index contributed by atoms with van der Waals surface area (Å²) in [5.41, 5.74) is 1.44. The summed E-state index contributed by atoms with van der Waals surface area (Å²) in [5.74, 6) is 1.16. The van der Waals surface area contributed by atoms with Crippen molar-refractivity contribution in [2.24, 2.45) is 0 Å². The number of aromatic nitrogens is 1. The van der Waals surface area contributed by atoms with Crippen molar-refractivity contribution >= 4 is 5.82 Å². The van der Waals surface area contributed by atoms with E-state index in [2.05, 4.69) is 29.3 Å². The molecule has 3 heteroatoms. The van der Waals surface area contributed by atoms with Crippen LogP contribution in [0.3, 0.4) is 0 Å². The van der Waals surface area contributed by atoms with E-state index in [0.29, 0.717) is 12.1 Å². The van der Waals surface area contributed by atoms with Gasteiger partial charge >= 0.3 is 0 Å². The van der Waals surface area contributed by atoms with Crippen molar-refractivity contribution in [3.63, 3.8) is 0 Å². The molecule has 23 heavy (non-hydrogen) atoms. The van der Waals surface area contributed by atoms with E-state index in [9.17, 15) is 0 Å². The molecule has 2 fully saturated rings. The maximum absolute atomic E-state index is 4.72. The molecule has 1 saturated carbocycles. The number of hydrogen-bond acceptors (Lipinski definition) is 3. The van der Waals surface area contributed by atoms with Crippen molar-refractivity contribution in [2.75, 3.05) is 18.4 Å². The molecule has 3 rings (SSSR count). The van der Waals surface area contributed by atoms with Crippen LogP contribution in [0.25, 0.3) is 0 Å². The van der Waals surface area contributed by atoms with Crippen LogP contribution in [0.15, 0.2) is 18.3 Å². The first-order valence-electron chi connectivity index (χ1n) is 9.84. The smallest absolute Gasteiger partial charge is 0.130 e. The number of piperidine rings is 1. The van der Waals surface area contributed by atoms with Gasteiger partial charge in [-0.05, 0) is 51.3 Å². The number of likely N-dealkylation sites (tertiary alicyclic amines) is 1. The molecule has 2 heterocycles. The van der Waals surface area contributed by atoms with Gasteiger partial charge in [-0.2, -0.15) is 0 Å². The summed E-state index contributed by atoms with van der Waals surface area (Å²) in [6.07, 6.45) is 15.3. The van der Waals surface area contributed by atoms with Gasteiger partial charge in [0.1, 0.15) is 5.82 Å². The quantitative estimate of drug-likeness (QED) is 0.786. The average Bonchev–Trinajstić information content (AvgIpc) is 2.62. The average molecular weight is 316 g/mol. The van der Waals surface area contributed by atoms with Gasteiger partial charge < -0.3 is 5.32 Å². The molecule has 1 unspecified atom stereocenters. The number of rotatable bonds is 6. The molecule has 1 aromatic rings. The highest BCUT2D eigenvalue weighted by Crippen LogP contribution is 2.35. The second-order valence-electron chi connectivity index (χ2n) is 7.32. The summed E-state index contributed by atoms with van der Waals surface area (Å²) in [4.78, 5) is 7.43. The molecular formula is C20H33N3. The van der Waals surface area contributed by atoms with Gasteiger partial charge in [0.15, 0.2) is 0 Å². The summed E-state index contributed by atoms with van der Waals surface area (Å²) < 4.78 is 0. The Kier molecular flexibility index (Phi) is 6.32. The lowest BCUT2D eigenvalue weighted by atomic mass is 9.93. The van der Waals surface area contributed by atoms with Crippen molar-refractivity contribution in [3.05, 3.63) is 23.9 Å². The number of pyridine rings is 1. The highest BCUT2D eigenvalue weighted by molar-refractivity contribution is 5.46. The molecule has 0 spiro atoms. The molecular weight excluding hydrogens is 282 g/mol. The Bertz CT molecular complexity index is 468. The fourth-order valence-corrected chi connectivity index (χ4v) is 4.22. The first-order valence-corrected chi connectivity index (χ1v) is 9.84. The SMILES string of the molecule is CCCCN1CCCCC1c1cccnc1NC1CCCCC1. The third-order valence-corrected chi connectivity index (χ3v) is 5.56. The molecule has 0 bridgehead atoms. The Hall–Kier alpha value is -1.09. The zero-order valence-corrected chi connectivity index (χ0v) is 14.8. The second-order valence-corrected chi connectivity index (χ2v) is 7.32. The van der Waals surface area contributed by atoms with Crippen LogP contribution in [-0.4, -0.2) is 29.0 Å². The molecule has 0 amide bonds. The van der Waals surface area contributed by atoms with Gasteiger partial charge in [0, 0.05) is 23.8 Å². The van der Waals surface area contributed by atoms with Gasteiger partial charge in [0.2, 0.25) is 0 Å². The number of hydrogen-bond donors (Lipinski definition) is 1. The van der Waals surface area contributed by atoms with Crippen LogP contribution in [0, 0.1) is 0 Å². The Morgan fingerprint density at radius 3 is 2.78 bits per heavy atom. The number of nitrogens with one attached hydrogen (secondary N) is 1. The van der Waals surface area contributed by atoms with Gasteiger partial charge in [-0.25, -0.2) is 4.98 Å². The van der Waals surface area contributed by atoms with Crippen LogP contribution in [0.4, 0.5) is 5.82 Å². The summed E-state index contributed by atoms with van der Waals surface area (Å²) in [6, 6.07) is 5.63. The standard InChI is InChI=1S/C20H33N3/c1-2-3-15-23-16-8-7-13-19(23)18-12-9-14-21-20(18)22-17-10-5-4-6-11-17/h9,12,14,17,19H,2-8,10-11,13,15-16H2,1H3,(H,21,22). The van der Waals surface area contributed by atoms with Crippen molar-refractivity contribution in [2.45, 2.75) is 83.2 Å². The summed E-state index contributed by atoms with van der Waals surface area (Å²) >= 11 is 0. The van der Waals surface area contributed by atoms with Gasteiger partial charge in [-0.15, -0.1) is 0 Å². The molecule has 0 aromatic carbocycles. The Balaban J connectivity index is 1.74. The fourth-order valence-electron chi connectivity index (χ4n) is 4.22. The molecule has 0 radical (unpaired) electrons. The van der Waals surface area contributed by atoms with Crippen molar-refractivity contribution in [3.8, 4) is 0 Å². The first kappa shape index (κ1) is 16.8. The van der Waals surface area contributed by atoms with Crippen LogP contribution in [0.1, 0.15) is 82.7 Å². The first-order chi connectivity index (χ1) is 11.4. The normalized spacial score (nSPS) is 23.8. The van der Waals surface area contributed by atoms with Gasteiger partial charge in [-0.3, -0.25) is 4.90 Å². The number of nitrogens with zero attached hydrogens (tertiary/aromatic N) is 2. The van der Waals surface area contributed by atoms with E-state index in [0.717, 1.165) is 5.82 Å². The third-order valence-electron chi connectivity index (χ3n) is 5.56. The lowest BCUT2D eigenvalue weighted by molar-refractivity contribution is 0.147. The van der Waals surface area contributed by atoms with E-state index in [4.69, 9.17) is 4.98 Å². The van der Waals surface area contributed by atoms with Gasteiger partial charge in [0.05, 0.1) is 0 Å². The third kappa shape index (κ3) is 4.47. The van der Waals surface area contributed by atoms with Crippen LogP contribution in [-0.2, 0) is 0 Å². The monoisotopic (exact) mass is 315 g/mol. The zero-order valence-electron chi connectivity index (χ0n) is 14.8. The maximum Gasteiger partial charge on any atom is 0.130 e. The molecule has 128 valence electrons. The predicted molar refractivity (Wildman–Crippen MR) is 97.8 cm³/mol. The van der Waals surface area contributed by atoms with E-state index < -0.39 is 0 Å². The van der Waals surface area contributed by atoms with Crippen molar-refractivity contribution in [1.29, 1.82) is 0 Å². The zero-order chi connectivity index (χ0) is 15.9. The molecule has 1 aromatic heterocycles. The maximum atomic E-state index is 4.72. The second kappa shape index (κ2) is 8.68. The highest BCUT2D eigenvalue weighted by atomic mass is 15.2. The summed E-state index contributed by atoms with van der Waals surface area (Å²) in [7, 11) is 0. The minimum absolute atomic E-state index is 0.565. The Morgan fingerprint density at radius 2 is 1.96 bits per heavy atom. The largest absolute Gasteiger partial charge is 0.367 e. The van der Waals surface area contributed by atoms with E-state index >= 15 is 0 Å². The van der Waals surface area contributed by atoms with Gasteiger partial charge in [-0.1, -0.05) is 45.1 Å². The summed E-state index contributed by atoms with van der Waals surface area (Å²) in [5, 5.41) is 3.79. The minimum Gasteiger partial charge on any atom is -0.367 e. The topological polar surface area (TPSA) is 28.2 Å². The van der Waals surface area contributed by atoms with E-state index in [1.807, 2.05) is 6.20 Å². The molecule has 2 aliphatic rings. The molecule has 1 aliphatic carbocycles. The van der Waals surface area contributed by atoms with Crippen LogP contribution in [0.5, 0.6) is 0 Å². The molecule has 3 nitrogen and oxygen atoms in total. The van der Waals surface area contributed by atoms with Crippen molar-refractivity contribution < 1.29 is 0 Å². The van der Waals surface area contributed by atoms with E-state index in [1.54, 1.807) is 0 Å². The number of anilines is 1. The van der Waals surface area contributed by atoms with Gasteiger partial charge in [0.25, 0.3) is 0 Å². The van der Waals surface area contributed by atoms with E-state index in [1.165, 1.54) is 82.9 Å². The number of unbranched alkanes of at least 4 members (excludes halogenated alkanes) is 1. The fraction of sp³-hybridized carbons (Fsp3) is 0.750. The Morgan fingerprint density at radius 1 is 1.13 bits per heavy atom. The highest BCUT2D eigenvalue weighted by Gasteiger charge is 2.26. The molecule has 1 aliphatic heterocycles.